The van der Waals surface area contributed by atoms with Gasteiger partial charge in [0.15, 0.2) is 0 Å². The van der Waals surface area contributed by atoms with Crippen LogP contribution in [0.2, 0.25) is 0 Å². The normalized spacial score (nSPS) is 17.7. The Morgan fingerprint density at radius 2 is 1.96 bits per heavy atom. The van der Waals surface area contributed by atoms with Gasteiger partial charge in [0.25, 0.3) is 0 Å². The van der Waals surface area contributed by atoms with Gasteiger partial charge >= 0.3 is 0 Å². The third-order valence-corrected chi connectivity index (χ3v) is 6.28. The van der Waals surface area contributed by atoms with Crippen LogP contribution < -0.4 is 0 Å². The molecule has 126 valence electrons. The smallest absolute Gasteiger partial charge is 0.246 e. The molecule has 0 atom stereocenters. The van der Waals surface area contributed by atoms with E-state index in [1.807, 2.05) is 11.6 Å². The van der Waals surface area contributed by atoms with E-state index in [1.165, 1.54) is 10.9 Å². The monoisotopic (exact) mass is 337 g/mol. The molecule has 8 heteroatoms. The van der Waals surface area contributed by atoms with Crippen LogP contribution >= 0.6 is 0 Å². The molecule has 0 spiro atoms. The van der Waals surface area contributed by atoms with Crippen molar-refractivity contribution in [3.63, 3.8) is 0 Å². The maximum absolute atomic E-state index is 12.6. The zero-order chi connectivity index (χ0) is 16.6. The van der Waals surface area contributed by atoms with Crippen LogP contribution in [0.4, 0.5) is 0 Å². The second kappa shape index (κ2) is 6.09. The molecule has 3 heterocycles. The number of rotatable bonds is 4. The molecule has 0 N–H and O–H groups in total. The van der Waals surface area contributed by atoms with E-state index in [2.05, 4.69) is 23.2 Å². The van der Waals surface area contributed by atoms with Crippen molar-refractivity contribution < 1.29 is 8.42 Å². The fourth-order valence-corrected chi connectivity index (χ4v) is 4.57. The molecule has 0 amide bonds. The number of piperidine rings is 1. The third-order valence-electron chi connectivity index (χ3n) is 4.43. The Morgan fingerprint density at radius 3 is 2.48 bits per heavy atom. The largest absolute Gasteiger partial charge is 0.274 e. The molecule has 0 aliphatic carbocycles. The lowest BCUT2D eigenvalue weighted by Crippen LogP contribution is -2.39. The van der Waals surface area contributed by atoms with Gasteiger partial charge in [-0.05, 0) is 38.7 Å². The Labute approximate surface area is 137 Å². The van der Waals surface area contributed by atoms with Crippen molar-refractivity contribution >= 4 is 10.0 Å². The van der Waals surface area contributed by atoms with E-state index >= 15 is 0 Å². The van der Waals surface area contributed by atoms with Gasteiger partial charge in [-0.2, -0.15) is 14.5 Å². The first kappa shape index (κ1) is 16.2. The van der Waals surface area contributed by atoms with E-state index in [9.17, 15) is 8.42 Å². The Hall–Kier alpha value is -1.67. The van der Waals surface area contributed by atoms with Gasteiger partial charge in [0.1, 0.15) is 4.90 Å². The number of hydrogen-bond donors (Lipinski definition) is 0. The molecule has 7 nitrogen and oxygen atoms in total. The molecule has 0 saturated carbocycles. The topological polar surface area (TPSA) is 73.0 Å². The SMILES string of the molecule is Cc1cc(C)n(CC2CCN(S(=O)(=O)c3cnn(C)c3)CC2)n1. The van der Waals surface area contributed by atoms with Gasteiger partial charge in [-0.15, -0.1) is 0 Å². The van der Waals surface area contributed by atoms with Crippen molar-refractivity contribution in [2.24, 2.45) is 13.0 Å². The molecule has 0 bridgehead atoms. The summed E-state index contributed by atoms with van der Waals surface area (Å²) in [5.74, 6) is 0.466. The molecule has 0 radical (unpaired) electrons. The molecule has 0 unspecified atom stereocenters. The minimum absolute atomic E-state index is 0.275. The predicted molar refractivity (Wildman–Crippen MR) is 86.4 cm³/mol. The van der Waals surface area contributed by atoms with Gasteiger partial charge in [0, 0.05) is 38.6 Å². The van der Waals surface area contributed by atoms with Crippen LogP contribution in [-0.4, -0.2) is 45.4 Å². The highest BCUT2D eigenvalue weighted by atomic mass is 32.2. The first-order chi connectivity index (χ1) is 10.9. The highest BCUT2D eigenvalue weighted by molar-refractivity contribution is 7.89. The molecule has 2 aromatic rings. The summed E-state index contributed by atoms with van der Waals surface area (Å²) >= 11 is 0. The molecular formula is C15H23N5O2S. The average molecular weight is 337 g/mol. The Kier molecular flexibility index (Phi) is 4.29. The minimum Gasteiger partial charge on any atom is -0.274 e. The Balaban J connectivity index is 1.63. The predicted octanol–water partition coefficient (Wildman–Crippen LogP) is 1.33. The summed E-state index contributed by atoms with van der Waals surface area (Å²) in [6.45, 7) is 6.03. The van der Waals surface area contributed by atoms with Gasteiger partial charge in [-0.25, -0.2) is 8.42 Å². The lowest BCUT2D eigenvalue weighted by atomic mass is 9.98. The highest BCUT2D eigenvalue weighted by Crippen LogP contribution is 2.24. The first-order valence-corrected chi connectivity index (χ1v) is 9.30. The molecule has 1 fully saturated rings. The van der Waals surface area contributed by atoms with Gasteiger partial charge in [0.2, 0.25) is 10.0 Å². The van der Waals surface area contributed by atoms with E-state index < -0.39 is 10.0 Å². The van der Waals surface area contributed by atoms with E-state index in [-0.39, 0.29) is 4.90 Å². The van der Waals surface area contributed by atoms with Gasteiger partial charge in [0.05, 0.1) is 11.9 Å². The summed E-state index contributed by atoms with van der Waals surface area (Å²) in [6.07, 6.45) is 4.68. The number of sulfonamides is 1. The van der Waals surface area contributed by atoms with E-state index in [0.717, 1.165) is 30.8 Å². The molecular weight excluding hydrogens is 314 g/mol. The maximum atomic E-state index is 12.6. The summed E-state index contributed by atoms with van der Waals surface area (Å²) in [7, 11) is -1.69. The van der Waals surface area contributed by atoms with Crippen LogP contribution in [0.1, 0.15) is 24.2 Å². The highest BCUT2D eigenvalue weighted by Gasteiger charge is 2.30. The van der Waals surface area contributed by atoms with Crippen molar-refractivity contribution in [2.75, 3.05) is 13.1 Å². The Bertz CT molecular complexity index is 785. The lowest BCUT2D eigenvalue weighted by Gasteiger charge is -2.31. The van der Waals surface area contributed by atoms with Crippen molar-refractivity contribution in [2.45, 2.75) is 38.1 Å². The molecule has 2 aromatic heterocycles. The Morgan fingerprint density at radius 1 is 1.26 bits per heavy atom. The summed E-state index contributed by atoms with van der Waals surface area (Å²) in [5, 5.41) is 8.46. The van der Waals surface area contributed by atoms with Crippen LogP contribution in [0.3, 0.4) is 0 Å². The fraction of sp³-hybridized carbons (Fsp3) is 0.600. The van der Waals surface area contributed by atoms with Gasteiger partial charge < -0.3 is 0 Å². The third kappa shape index (κ3) is 3.32. The zero-order valence-corrected chi connectivity index (χ0v) is 14.6. The fourth-order valence-electron chi connectivity index (χ4n) is 3.12. The van der Waals surface area contributed by atoms with Crippen LogP contribution in [0, 0.1) is 19.8 Å². The second-order valence-corrected chi connectivity index (χ2v) is 8.24. The van der Waals surface area contributed by atoms with Gasteiger partial charge in [-0.3, -0.25) is 9.36 Å². The molecule has 1 aliphatic heterocycles. The van der Waals surface area contributed by atoms with Gasteiger partial charge in [-0.1, -0.05) is 0 Å². The number of hydrogen-bond acceptors (Lipinski definition) is 4. The average Bonchev–Trinajstić information content (AvgIpc) is 3.06. The molecule has 3 rings (SSSR count). The summed E-state index contributed by atoms with van der Waals surface area (Å²) in [5.41, 5.74) is 2.19. The van der Waals surface area contributed by atoms with E-state index in [1.54, 1.807) is 17.5 Å². The second-order valence-electron chi connectivity index (χ2n) is 6.31. The van der Waals surface area contributed by atoms with Crippen molar-refractivity contribution in [1.82, 2.24) is 23.9 Å². The summed E-state index contributed by atoms with van der Waals surface area (Å²) < 4.78 is 30.3. The number of nitrogens with zero attached hydrogens (tertiary/aromatic N) is 5. The standard InChI is InChI=1S/C15H23N5O2S/c1-12-8-13(2)20(17-12)10-14-4-6-19(7-5-14)23(21,22)15-9-16-18(3)11-15/h8-9,11,14H,4-7,10H2,1-3H3. The lowest BCUT2D eigenvalue weighted by molar-refractivity contribution is 0.246. The summed E-state index contributed by atoms with van der Waals surface area (Å²) in [6, 6.07) is 2.07. The van der Waals surface area contributed by atoms with Crippen LogP contribution in [0.25, 0.3) is 0 Å². The minimum atomic E-state index is -3.41. The zero-order valence-electron chi connectivity index (χ0n) is 13.8. The van der Waals surface area contributed by atoms with Crippen molar-refractivity contribution in [3.8, 4) is 0 Å². The molecule has 0 aromatic carbocycles. The van der Waals surface area contributed by atoms with E-state index in [4.69, 9.17) is 0 Å². The number of aryl methyl sites for hydroxylation is 3. The van der Waals surface area contributed by atoms with Crippen LogP contribution in [0.5, 0.6) is 0 Å². The molecule has 1 saturated heterocycles. The first-order valence-electron chi connectivity index (χ1n) is 7.86. The maximum Gasteiger partial charge on any atom is 0.246 e. The van der Waals surface area contributed by atoms with Crippen LogP contribution in [0.15, 0.2) is 23.4 Å². The van der Waals surface area contributed by atoms with Crippen LogP contribution in [-0.2, 0) is 23.6 Å². The quantitative estimate of drug-likeness (QED) is 0.844. The van der Waals surface area contributed by atoms with E-state index in [0.29, 0.717) is 19.0 Å². The number of aromatic nitrogens is 4. The van der Waals surface area contributed by atoms with Crippen molar-refractivity contribution in [3.05, 3.63) is 29.8 Å². The van der Waals surface area contributed by atoms with Crippen molar-refractivity contribution in [1.29, 1.82) is 0 Å². The molecule has 23 heavy (non-hydrogen) atoms. The molecule has 1 aliphatic rings. The summed E-state index contributed by atoms with van der Waals surface area (Å²) in [4.78, 5) is 0.275.